The lowest BCUT2D eigenvalue weighted by Gasteiger charge is -2.14. The van der Waals surface area contributed by atoms with Gasteiger partial charge in [-0.15, -0.1) is 0 Å². The molecule has 0 heterocycles. The number of fused-ring (bicyclic) bond motifs is 2. The smallest absolute Gasteiger partial charge is 0.343 e. The first-order valence-electron chi connectivity index (χ1n) is 13.6. The zero-order chi connectivity index (χ0) is 33.4. The van der Waals surface area contributed by atoms with Gasteiger partial charge in [0.25, 0.3) is 0 Å². The van der Waals surface area contributed by atoms with E-state index in [0.717, 1.165) is 0 Å². The highest BCUT2D eigenvalue weighted by Crippen LogP contribution is 2.39. The topological polar surface area (TPSA) is 140 Å². The van der Waals surface area contributed by atoms with Gasteiger partial charge in [-0.2, -0.15) is 0 Å². The molecule has 0 saturated heterocycles. The Morgan fingerprint density at radius 1 is 0.447 bits per heavy atom. The first-order valence-corrected chi connectivity index (χ1v) is 14.7. The number of esters is 3. The van der Waals surface area contributed by atoms with Crippen molar-refractivity contribution in [2.45, 2.75) is 0 Å². The Morgan fingerprint density at radius 2 is 0.894 bits per heavy atom. The predicted octanol–water partition coefficient (Wildman–Crippen LogP) is 8.73. The minimum Gasteiger partial charge on any atom is -0.506 e. The number of hydrogen-bond donors (Lipinski definition) is 3. The van der Waals surface area contributed by atoms with Crippen molar-refractivity contribution in [2.75, 3.05) is 0 Å². The summed E-state index contributed by atoms with van der Waals surface area (Å²) >= 11 is 17.9. The Bertz CT molecular complexity index is 2270. The number of aromatic hydroxyl groups is 3. The Kier molecular flexibility index (Phi) is 8.53. The molecule has 234 valence electrons. The molecule has 0 atom stereocenters. The zero-order valence-corrected chi connectivity index (χ0v) is 25.9. The van der Waals surface area contributed by atoms with Gasteiger partial charge in [0, 0.05) is 10.8 Å². The second kappa shape index (κ2) is 12.7. The van der Waals surface area contributed by atoms with Crippen molar-refractivity contribution in [3.63, 3.8) is 0 Å². The Labute approximate surface area is 280 Å². The molecule has 0 aliphatic carbocycles. The van der Waals surface area contributed by atoms with Crippen LogP contribution in [0, 0.1) is 0 Å². The number of carbonyl (C=O) groups is 3. The maximum atomic E-state index is 13.3. The van der Waals surface area contributed by atoms with Crippen LogP contribution in [0.15, 0.2) is 97.1 Å². The Hall–Kier alpha value is -5.48. The molecule has 0 spiro atoms. The SMILES string of the molecule is O=C(Oc1ccc2c(OC(=O)c3ccc(O)c(Cl)c3)c3cc(OC(=O)c4ccc(O)c(Cl)c4)ccc3cc2c1)c1ccc(O)c(Cl)c1. The van der Waals surface area contributed by atoms with Gasteiger partial charge in [-0.25, -0.2) is 14.4 Å². The molecule has 0 aliphatic heterocycles. The molecule has 0 amide bonds. The van der Waals surface area contributed by atoms with Crippen LogP contribution < -0.4 is 14.2 Å². The van der Waals surface area contributed by atoms with E-state index in [-0.39, 0.29) is 66.3 Å². The number of phenolic OH excluding ortho intramolecular Hbond substituents is 3. The molecule has 6 aromatic rings. The second-order valence-corrected chi connectivity index (χ2v) is 11.4. The van der Waals surface area contributed by atoms with Crippen LogP contribution in [0.25, 0.3) is 21.5 Å². The average molecular weight is 690 g/mol. The van der Waals surface area contributed by atoms with Crippen molar-refractivity contribution in [1.82, 2.24) is 0 Å². The highest BCUT2D eigenvalue weighted by atomic mass is 35.5. The summed E-state index contributed by atoms with van der Waals surface area (Å²) in [5, 5.41) is 31.0. The molecular weight excluding hydrogens is 671 g/mol. The molecule has 0 saturated carbocycles. The van der Waals surface area contributed by atoms with Gasteiger partial charge in [-0.05, 0) is 102 Å². The number of ether oxygens (including phenoxy) is 3. The lowest BCUT2D eigenvalue weighted by atomic mass is 10.0. The molecule has 0 radical (unpaired) electrons. The molecule has 6 aromatic carbocycles. The number of hydrogen-bond acceptors (Lipinski definition) is 9. The largest absolute Gasteiger partial charge is 0.506 e. The van der Waals surface area contributed by atoms with Crippen LogP contribution >= 0.6 is 34.8 Å². The van der Waals surface area contributed by atoms with E-state index >= 15 is 0 Å². The Balaban J connectivity index is 1.40. The number of benzene rings is 6. The highest BCUT2D eigenvalue weighted by Gasteiger charge is 2.19. The first kappa shape index (κ1) is 31.5. The van der Waals surface area contributed by atoms with E-state index in [1.54, 1.807) is 24.3 Å². The molecule has 3 N–H and O–H groups in total. The van der Waals surface area contributed by atoms with E-state index < -0.39 is 17.9 Å². The molecule has 0 fully saturated rings. The van der Waals surface area contributed by atoms with Crippen molar-refractivity contribution in [3.05, 3.63) is 129 Å². The van der Waals surface area contributed by atoms with Crippen LogP contribution in [0.5, 0.6) is 34.5 Å². The molecule has 9 nitrogen and oxygen atoms in total. The van der Waals surface area contributed by atoms with E-state index in [1.807, 2.05) is 0 Å². The average Bonchev–Trinajstić information content (AvgIpc) is 3.04. The van der Waals surface area contributed by atoms with Gasteiger partial charge in [-0.3, -0.25) is 0 Å². The van der Waals surface area contributed by atoms with Crippen molar-refractivity contribution < 1.29 is 43.9 Å². The third kappa shape index (κ3) is 6.59. The molecule has 0 aromatic heterocycles. The van der Waals surface area contributed by atoms with Crippen LogP contribution in [-0.2, 0) is 0 Å². The molecule has 47 heavy (non-hydrogen) atoms. The van der Waals surface area contributed by atoms with Crippen molar-refractivity contribution in [2.24, 2.45) is 0 Å². The van der Waals surface area contributed by atoms with Gasteiger partial charge < -0.3 is 29.5 Å². The van der Waals surface area contributed by atoms with Gasteiger partial charge in [0.05, 0.1) is 31.8 Å². The van der Waals surface area contributed by atoms with Crippen LogP contribution in [0.2, 0.25) is 15.1 Å². The first-order chi connectivity index (χ1) is 22.5. The van der Waals surface area contributed by atoms with Gasteiger partial charge in [0.15, 0.2) is 0 Å². The standard InChI is InChI=1S/C35H19Cl3O9/c36-26-13-18(2-8-29(26)39)33(42)45-22-6-7-24-21(12-22)11-17-1-5-23(46-34(43)19-3-9-30(40)27(37)14-19)16-25(17)32(24)47-35(44)20-4-10-31(41)28(38)15-20/h1-16,39-41H. The molecular formula is C35H19Cl3O9. The summed E-state index contributed by atoms with van der Waals surface area (Å²) in [4.78, 5) is 39.0. The quantitative estimate of drug-likeness (QED) is 0.0890. The molecule has 0 aliphatic rings. The van der Waals surface area contributed by atoms with E-state index in [4.69, 9.17) is 49.0 Å². The summed E-state index contributed by atoms with van der Waals surface area (Å²) < 4.78 is 17.0. The summed E-state index contributed by atoms with van der Waals surface area (Å²) in [6, 6.07) is 22.8. The molecule has 6 rings (SSSR count). The third-order valence-corrected chi connectivity index (χ3v) is 7.92. The highest BCUT2D eigenvalue weighted by molar-refractivity contribution is 6.33. The molecule has 0 bridgehead atoms. The van der Waals surface area contributed by atoms with E-state index in [0.29, 0.717) is 21.5 Å². The number of rotatable bonds is 6. The minimum atomic E-state index is -0.790. The van der Waals surface area contributed by atoms with Gasteiger partial charge in [-0.1, -0.05) is 40.9 Å². The van der Waals surface area contributed by atoms with Crippen molar-refractivity contribution in [3.8, 4) is 34.5 Å². The minimum absolute atomic E-state index is 0.0114. The molecule has 0 unspecified atom stereocenters. The van der Waals surface area contributed by atoms with Gasteiger partial charge in [0.2, 0.25) is 0 Å². The second-order valence-electron chi connectivity index (χ2n) is 10.1. The summed E-state index contributed by atoms with van der Waals surface area (Å²) in [5.74, 6) is -2.44. The monoisotopic (exact) mass is 688 g/mol. The number of carbonyl (C=O) groups excluding carboxylic acids is 3. The number of phenols is 3. The van der Waals surface area contributed by atoms with E-state index in [2.05, 4.69) is 0 Å². The van der Waals surface area contributed by atoms with Gasteiger partial charge >= 0.3 is 17.9 Å². The third-order valence-electron chi connectivity index (χ3n) is 7.01. The maximum Gasteiger partial charge on any atom is 0.343 e. The zero-order valence-electron chi connectivity index (χ0n) is 23.7. The summed E-state index contributed by atoms with van der Waals surface area (Å²) in [6.07, 6.45) is 0. The predicted molar refractivity (Wildman–Crippen MR) is 176 cm³/mol. The Morgan fingerprint density at radius 3 is 1.38 bits per heavy atom. The fraction of sp³-hybridized carbons (Fsp3) is 0. The summed E-state index contributed by atoms with van der Waals surface area (Å²) in [5.41, 5.74) is 0.270. The summed E-state index contributed by atoms with van der Waals surface area (Å²) in [6.45, 7) is 0. The lowest BCUT2D eigenvalue weighted by Crippen LogP contribution is -2.10. The van der Waals surface area contributed by atoms with Crippen molar-refractivity contribution in [1.29, 1.82) is 0 Å². The fourth-order valence-corrected chi connectivity index (χ4v) is 5.20. The normalized spacial score (nSPS) is 11.0. The fourth-order valence-electron chi connectivity index (χ4n) is 4.66. The van der Waals surface area contributed by atoms with E-state index in [9.17, 15) is 29.7 Å². The van der Waals surface area contributed by atoms with E-state index in [1.165, 1.54) is 72.8 Å². The van der Waals surface area contributed by atoms with Crippen molar-refractivity contribution >= 4 is 74.3 Å². The van der Waals surface area contributed by atoms with Crippen LogP contribution in [-0.4, -0.2) is 33.2 Å². The molecule has 12 heteroatoms. The maximum absolute atomic E-state index is 13.3. The lowest BCUT2D eigenvalue weighted by molar-refractivity contribution is 0.0724. The van der Waals surface area contributed by atoms with Crippen LogP contribution in [0.1, 0.15) is 31.1 Å². The van der Waals surface area contributed by atoms with Crippen LogP contribution in [0.3, 0.4) is 0 Å². The number of halogens is 3. The van der Waals surface area contributed by atoms with Crippen LogP contribution in [0.4, 0.5) is 0 Å². The summed E-state index contributed by atoms with van der Waals surface area (Å²) in [7, 11) is 0. The van der Waals surface area contributed by atoms with Gasteiger partial charge in [0.1, 0.15) is 34.5 Å².